The highest BCUT2D eigenvalue weighted by atomic mass is 32.1. The molecule has 0 radical (unpaired) electrons. The maximum atomic E-state index is 12.1. The molecule has 7 heteroatoms. The first-order chi connectivity index (χ1) is 10.6. The highest BCUT2D eigenvalue weighted by molar-refractivity contribution is 7.80. The molecule has 0 amide bonds. The molecule has 0 bridgehead atoms. The average Bonchev–Trinajstić information content (AvgIpc) is 2.94. The van der Waals surface area contributed by atoms with Gasteiger partial charge in [0.05, 0.1) is 0 Å². The highest BCUT2D eigenvalue weighted by Gasteiger charge is 2.22. The number of thiocarbonyl (C=S) groups is 1. The Bertz CT molecular complexity index is 484. The number of rotatable bonds is 6. The van der Waals surface area contributed by atoms with Crippen molar-refractivity contribution in [1.29, 1.82) is 0 Å². The van der Waals surface area contributed by atoms with Gasteiger partial charge in [-0.05, 0) is 62.4 Å². The van der Waals surface area contributed by atoms with Crippen LogP contribution in [0.3, 0.4) is 0 Å². The summed E-state index contributed by atoms with van der Waals surface area (Å²) < 4.78 is 28.4. The van der Waals surface area contributed by atoms with Crippen LogP contribution in [0.1, 0.15) is 19.8 Å². The lowest BCUT2D eigenvalue weighted by Gasteiger charge is -2.23. The Kier molecular flexibility index (Phi) is 6.33. The summed E-state index contributed by atoms with van der Waals surface area (Å²) in [5.41, 5.74) is 0.734. The largest absolute Gasteiger partial charge is 0.435 e. The topological polar surface area (TPSA) is 36.5 Å². The number of nitrogens with zero attached hydrogens (tertiary/aromatic N) is 1. The minimum Gasteiger partial charge on any atom is -0.435 e. The number of benzene rings is 1. The van der Waals surface area contributed by atoms with Crippen molar-refractivity contribution in [2.24, 2.45) is 0 Å². The molecule has 2 rings (SSSR count). The molecule has 0 unspecified atom stereocenters. The van der Waals surface area contributed by atoms with E-state index in [1.807, 2.05) is 0 Å². The van der Waals surface area contributed by atoms with Gasteiger partial charge in [0.15, 0.2) is 5.11 Å². The van der Waals surface area contributed by atoms with Crippen LogP contribution in [-0.4, -0.2) is 42.3 Å². The summed E-state index contributed by atoms with van der Waals surface area (Å²) in [4.78, 5) is 2.44. The number of nitrogens with one attached hydrogen (secondary N) is 2. The second-order valence-corrected chi connectivity index (χ2v) is 5.57. The molecule has 22 heavy (non-hydrogen) atoms. The standard InChI is InChI=1S/C15H21F2N3OS/c1-2-20-9-3-4-12(20)10-18-15(22)19-11-5-7-13(8-6-11)21-14(16)17/h5-8,12,14H,2-4,9-10H2,1H3,(H2,18,19,22)/t12-/m1/s1. The first-order valence-electron chi connectivity index (χ1n) is 7.42. The van der Waals surface area contributed by atoms with E-state index >= 15 is 0 Å². The van der Waals surface area contributed by atoms with Gasteiger partial charge in [0.25, 0.3) is 0 Å². The summed E-state index contributed by atoms with van der Waals surface area (Å²) in [6.45, 7) is 2.37. The molecular weight excluding hydrogens is 308 g/mol. The molecule has 1 heterocycles. The van der Waals surface area contributed by atoms with Crippen LogP contribution < -0.4 is 15.4 Å². The van der Waals surface area contributed by atoms with Crippen molar-refractivity contribution in [2.45, 2.75) is 32.4 Å². The zero-order valence-electron chi connectivity index (χ0n) is 12.5. The van der Waals surface area contributed by atoms with Gasteiger partial charge in [0.2, 0.25) is 0 Å². The monoisotopic (exact) mass is 329 g/mol. The zero-order chi connectivity index (χ0) is 15.9. The molecule has 122 valence electrons. The molecule has 0 saturated carbocycles. The van der Waals surface area contributed by atoms with Crippen LogP contribution in [-0.2, 0) is 0 Å². The van der Waals surface area contributed by atoms with E-state index in [2.05, 4.69) is 27.2 Å². The number of alkyl halides is 2. The van der Waals surface area contributed by atoms with Gasteiger partial charge in [0, 0.05) is 18.3 Å². The minimum atomic E-state index is -2.81. The Morgan fingerprint density at radius 3 is 2.77 bits per heavy atom. The van der Waals surface area contributed by atoms with Gasteiger partial charge in [-0.1, -0.05) is 6.92 Å². The Morgan fingerprint density at radius 1 is 1.41 bits per heavy atom. The fourth-order valence-corrected chi connectivity index (χ4v) is 2.85. The van der Waals surface area contributed by atoms with E-state index in [-0.39, 0.29) is 5.75 Å². The number of likely N-dealkylation sites (N-methyl/N-ethyl adjacent to an activating group) is 1. The molecule has 1 aromatic carbocycles. The third-order valence-electron chi connectivity index (χ3n) is 3.74. The number of halogens is 2. The lowest BCUT2D eigenvalue weighted by atomic mass is 10.2. The van der Waals surface area contributed by atoms with Crippen LogP contribution in [0.25, 0.3) is 0 Å². The smallest absolute Gasteiger partial charge is 0.387 e. The first-order valence-corrected chi connectivity index (χ1v) is 7.83. The Hall–Kier alpha value is -1.47. The molecule has 4 nitrogen and oxygen atoms in total. The second kappa shape index (κ2) is 8.24. The quantitative estimate of drug-likeness (QED) is 0.785. The summed E-state index contributed by atoms with van der Waals surface area (Å²) in [6, 6.07) is 6.78. The lowest BCUT2D eigenvalue weighted by molar-refractivity contribution is -0.0498. The number of anilines is 1. The number of hydrogen-bond donors (Lipinski definition) is 2. The number of likely N-dealkylation sites (tertiary alicyclic amines) is 1. The maximum Gasteiger partial charge on any atom is 0.387 e. The molecule has 2 N–H and O–H groups in total. The molecule has 0 aliphatic carbocycles. The van der Waals surface area contributed by atoms with E-state index in [0.29, 0.717) is 11.2 Å². The predicted molar refractivity (Wildman–Crippen MR) is 87.6 cm³/mol. The predicted octanol–water partition coefficient (Wildman–Crippen LogP) is 3.06. The maximum absolute atomic E-state index is 12.1. The van der Waals surface area contributed by atoms with Crippen LogP contribution in [0.2, 0.25) is 0 Å². The van der Waals surface area contributed by atoms with Crippen LogP contribution in [0.4, 0.5) is 14.5 Å². The molecule has 1 saturated heterocycles. The van der Waals surface area contributed by atoms with Crippen molar-refractivity contribution in [3.63, 3.8) is 0 Å². The van der Waals surface area contributed by atoms with Crippen molar-refractivity contribution < 1.29 is 13.5 Å². The van der Waals surface area contributed by atoms with E-state index in [0.717, 1.165) is 25.3 Å². The van der Waals surface area contributed by atoms with E-state index in [1.54, 1.807) is 12.1 Å². The van der Waals surface area contributed by atoms with Gasteiger partial charge < -0.3 is 15.4 Å². The van der Waals surface area contributed by atoms with Gasteiger partial charge in [-0.2, -0.15) is 8.78 Å². The van der Waals surface area contributed by atoms with Gasteiger partial charge >= 0.3 is 6.61 Å². The molecule has 0 aromatic heterocycles. The van der Waals surface area contributed by atoms with Crippen LogP contribution in [0.15, 0.2) is 24.3 Å². The molecule has 1 fully saturated rings. The molecular formula is C15H21F2N3OS. The molecule has 1 aliphatic rings. The van der Waals surface area contributed by atoms with Crippen molar-refractivity contribution in [2.75, 3.05) is 25.0 Å². The van der Waals surface area contributed by atoms with Crippen LogP contribution in [0.5, 0.6) is 5.75 Å². The minimum absolute atomic E-state index is 0.129. The summed E-state index contributed by atoms with van der Waals surface area (Å²) in [5.74, 6) is 0.129. The first kappa shape index (κ1) is 16.9. The normalized spacial score (nSPS) is 18.5. The molecule has 1 aromatic rings. The van der Waals surface area contributed by atoms with Crippen molar-refractivity contribution in [1.82, 2.24) is 10.2 Å². The summed E-state index contributed by atoms with van der Waals surface area (Å²) >= 11 is 5.26. The SMILES string of the molecule is CCN1CCC[C@@H]1CNC(=S)Nc1ccc(OC(F)F)cc1. The van der Waals surface area contributed by atoms with E-state index in [9.17, 15) is 8.78 Å². The zero-order valence-corrected chi connectivity index (χ0v) is 13.3. The van der Waals surface area contributed by atoms with Gasteiger partial charge in [-0.3, -0.25) is 4.90 Å². The Morgan fingerprint density at radius 2 is 2.14 bits per heavy atom. The third-order valence-corrected chi connectivity index (χ3v) is 3.99. The lowest BCUT2D eigenvalue weighted by Crippen LogP contribution is -2.41. The number of ether oxygens (including phenoxy) is 1. The second-order valence-electron chi connectivity index (χ2n) is 5.16. The van der Waals surface area contributed by atoms with Gasteiger partial charge in [-0.15, -0.1) is 0 Å². The highest BCUT2D eigenvalue weighted by Crippen LogP contribution is 2.18. The summed E-state index contributed by atoms with van der Waals surface area (Å²) in [5, 5.41) is 6.78. The fraction of sp³-hybridized carbons (Fsp3) is 0.533. The third kappa shape index (κ3) is 5.06. The summed E-state index contributed by atoms with van der Waals surface area (Å²) in [6.07, 6.45) is 2.41. The number of hydrogen-bond acceptors (Lipinski definition) is 3. The van der Waals surface area contributed by atoms with E-state index < -0.39 is 6.61 Å². The molecule has 1 atom stereocenters. The summed E-state index contributed by atoms with van der Waals surface area (Å²) in [7, 11) is 0. The van der Waals surface area contributed by atoms with E-state index in [4.69, 9.17) is 12.2 Å². The van der Waals surface area contributed by atoms with Crippen molar-refractivity contribution in [3.05, 3.63) is 24.3 Å². The fourth-order valence-electron chi connectivity index (χ4n) is 2.65. The van der Waals surface area contributed by atoms with Crippen LogP contribution in [0, 0.1) is 0 Å². The van der Waals surface area contributed by atoms with E-state index in [1.165, 1.54) is 25.0 Å². The van der Waals surface area contributed by atoms with Crippen LogP contribution >= 0.6 is 12.2 Å². The Labute approximate surface area is 134 Å². The Balaban J connectivity index is 1.77. The van der Waals surface area contributed by atoms with Gasteiger partial charge in [0.1, 0.15) is 5.75 Å². The molecule has 1 aliphatic heterocycles. The van der Waals surface area contributed by atoms with Crippen molar-refractivity contribution >= 4 is 23.0 Å². The average molecular weight is 329 g/mol. The molecule has 0 spiro atoms. The van der Waals surface area contributed by atoms with Crippen molar-refractivity contribution in [3.8, 4) is 5.75 Å². The van der Waals surface area contributed by atoms with Gasteiger partial charge in [-0.25, -0.2) is 0 Å².